The monoisotopic (exact) mass is 335 g/mol. The molecule has 1 aliphatic heterocycles. The first-order chi connectivity index (χ1) is 11.5. The van der Waals surface area contributed by atoms with Crippen LogP contribution < -0.4 is 10.5 Å². The summed E-state index contributed by atoms with van der Waals surface area (Å²) in [5.74, 6) is 0.194. The summed E-state index contributed by atoms with van der Waals surface area (Å²) >= 11 is 0. The fourth-order valence-electron chi connectivity index (χ4n) is 2.85. The van der Waals surface area contributed by atoms with Gasteiger partial charge in [0.15, 0.2) is 11.9 Å². The van der Waals surface area contributed by atoms with Gasteiger partial charge in [0.1, 0.15) is 42.1 Å². The van der Waals surface area contributed by atoms with Gasteiger partial charge in [-0.25, -0.2) is 9.97 Å². The highest BCUT2D eigenvalue weighted by Gasteiger charge is 2.45. The third-order valence-electron chi connectivity index (χ3n) is 3.93. The van der Waals surface area contributed by atoms with Crippen LogP contribution in [0.5, 0.6) is 5.88 Å². The first-order valence-electron chi connectivity index (χ1n) is 7.34. The number of nitrogens with two attached hydrogens (primary N) is 1. The SMILES string of the molecule is CCOc1c(C#N)c2c(N)ncnc2n1C1OC(CO)C(O)C1O. The number of ether oxygens (including phenoxy) is 2. The van der Waals surface area contributed by atoms with Crippen LogP contribution in [0.2, 0.25) is 0 Å². The van der Waals surface area contributed by atoms with Crippen molar-refractivity contribution in [2.24, 2.45) is 0 Å². The predicted octanol–water partition coefficient (Wildman–Crippen LogP) is -1.10. The van der Waals surface area contributed by atoms with Gasteiger partial charge < -0.3 is 30.5 Å². The number of fused-ring (bicyclic) bond motifs is 1. The Morgan fingerprint density at radius 1 is 1.42 bits per heavy atom. The van der Waals surface area contributed by atoms with Gasteiger partial charge in [-0.3, -0.25) is 4.57 Å². The first kappa shape index (κ1) is 16.4. The lowest BCUT2D eigenvalue weighted by molar-refractivity contribution is -0.0537. The van der Waals surface area contributed by atoms with Crippen molar-refractivity contribution >= 4 is 16.9 Å². The van der Waals surface area contributed by atoms with E-state index in [4.69, 9.17) is 15.2 Å². The highest BCUT2D eigenvalue weighted by molar-refractivity contribution is 5.94. The molecule has 0 amide bonds. The molecular formula is C14H17N5O5. The summed E-state index contributed by atoms with van der Waals surface area (Å²) in [5.41, 5.74) is 6.21. The molecule has 24 heavy (non-hydrogen) atoms. The normalized spacial score (nSPS) is 26.6. The van der Waals surface area contributed by atoms with E-state index in [1.165, 1.54) is 10.9 Å². The van der Waals surface area contributed by atoms with Gasteiger partial charge in [-0.1, -0.05) is 0 Å². The van der Waals surface area contributed by atoms with E-state index in [2.05, 4.69) is 9.97 Å². The zero-order chi connectivity index (χ0) is 17.4. The minimum atomic E-state index is -1.35. The standard InChI is InChI=1S/C14H17N5O5/c1-2-23-13-6(3-15)8-11(16)17-5-18-12(8)19(13)14-10(22)9(21)7(4-20)24-14/h5,7,9-10,14,20-22H,2,4H2,1H3,(H2,16,17,18). The van der Waals surface area contributed by atoms with Crippen molar-refractivity contribution in [2.75, 3.05) is 18.9 Å². The Hall–Kier alpha value is -2.45. The number of nitriles is 1. The molecule has 0 saturated carbocycles. The molecule has 0 bridgehead atoms. The molecule has 1 fully saturated rings. The van der Waals surface area contributed by atoms with Gasteiger partial charge in [-0.15, -0.1) is 0 Å². The van der Waals surface area contributed by atoms with E-state index in [9.17, 15) is 20.6 Å². The van der Waals surface area contributed by atoms with Gasteiger partial charge in [0.2, 0.25) is 5.88 Å². The van der Waals surface area contributed by atoms with Crippen LogP contribution in [0.1, 0.15) is 18.7 Å². The lowest BCUT2D eigenvalue weighted by Crippen LogP contribution is -2.33. The molecule has 0 spiro atoms. The summed E-state index contributed by atoms with van der Waals surface area (Å²) < 4.78 is 12.4. The van der Waals surface area contributed by atoms with Crippen LogP contribution in [0.4, 0.5) is 5.82 Å². The molecule has 3 heterocycles. The van der Waals surface area contributed by atoms with E-state index in [0.29, 0.717) is 0 Å². The van der Waals surface area contributed by atoms with Crippen molar-refractivity contribution < 1.29 is 24.8 Å². The summed E-state index contributed by atoms with van der Waals surface area (Å²) in [7, 11) is 0. The number of aliphatic hydroxyl groups excluding tert-OH is 3. The zero-order valence-corrected chi connectivity index (χ0v) is 12.8. The number of rotatable bonds is 4. The third kappa shape index (κ3) is 2.26. The van der Waals surface area contributed by atoms with Gasteiger partial charge in [-0.2, -0.15) is 5.26 Å². The molecular weight excluding hydrogens is 318 g/mol. The Bertz CT molecular complexity index is 801. The van der Waals surface area contributed by atoms with E-state index < -0.39 is 31.1 Å². The van der Waals surface area contributed by atoms with E-state index in [0.717, 1.165) is 0 Å². The largest absolute Gasteiger partial charge is 0.478 e. The Morgan fingerprint density at radius 2 is 2.17 bits per heavy atom. The fraction of sp³-hybridized carbons (Fsp3) is 0.500. The molecule has 0 aliphatic carbocycles. The summed E-state index contributed by atoms with van der Waals surface area (Å²) in [6, 6.07) is 2.00. The van der Waals surface area contributed by atoms with Crippen molar-refractivity contribution in [3.05, 3.63) is 11.9 Å². The molecule has 4 unspecified atom stereocenters. The molecule has 2 aromatic rings. The Morgan fingerprint density at radius 3 is 2.75 bits per heavy atom. The van der Waals surface area contributed by atoms with Gasteiger partial charge in [0, 0.05) is 0 Å². The quantitative estimate of drug-likeness (QED) is 0.543. The van der Waals surface area contributed by atoms with E-state index in [1.54, 1.807) is 6.92 Å². The van der Waals surface area contributed by atoms with Crippen LogP contribution in [0.25, 0.3) is 11.0 Å². The van der Waals surface area contributed by atoms with Crippen molar-refractivity contribution in [1.82, 2.24) is 14.5 Å². The van der Waals surface area contributed by atoms with E-state index in [1.807, 2.05) is 6.07 Å². The van der Waals surface area contributed by atoms with Gasteiger partial charge in [-0.05, 0) is 6.92 Å². The average molecular weight is 335 g/mol. The van der Waals surface area contributed by atoms with Crippen molar-refractivity contribution in [3.8, 4) is 11.9 Å². The van der Waals surface area contributed by atoms with Crippen molar-refractivity contribution in [2.45, 2.75) is 31.5 Å². The molecule has 0 aromatic carbocycles. The molecule has 128 valence electrons. The van der Waals surface area contributed by atoms with Gasteiger partial charge >= 0.3 is 0 Å². The number of aromatic nitrogens is 3. The maximum Gasteiger partial charge on any atom is 0.216 e. The molecule has 3 rings (SSSR count). The van der Waals surface area contributed by atoms with Crippen LogP contribution in [-0.4, -0.2) is 61.4 Å². The van der Waals surface area contributed by atoms with Gasteiger partial charge in [0.25, 0.3) is 0 Å². The molecule has 1 saturated heterocycles. The van der Waals surface area contributed by atoms with Crippen LogP contribution in [-0.2, 0) is 4.74 Å². The molecule has 5 N–H and O–H groups in total. The lowest BCUT2D eigenvalue weighted by Gasteiger charge is -2.20. The van der Waals surface area contributed by atoms with Crippen LogP contribution in [0.15, 0.2) is 6.33 Å². The molecule has 10 heteroatoms. The second-order valence-corrected chi connectivity index (χ2v) is 5.28. The van der Waals surface area contributed by atoms with E-state index in [-0.39, 0.29) is 34.9 Å². The Balaban J connectivity index is 2.26. The number of nitrogens with zero attached hydrogens (tertiary/aromatic N) is 4. The highest BCUT2D eigenvalue weighted by Crippen LogP contribution is 2.40. The molecule has 1 aliphatic rings. The van der Waals surface area contributed by atoms with Crippen molar-refractivity contribution in [3.63, 3.8) is 0 Å². The number of anilines is 1. The summed E-state index contributed by atoms with van der Waals surface area (Å²) in [6.07, 6.45) is -3.50. The summed E-state index contributed by atoms with van der Waals surface area (Å²) in [4.78, 5) is 7.99. The fourth-order valence-corrected chi connectivity index (χ4v) is 2.85. The average Bonchev–Trinajstić information content (AvgIpc) is 3.04. The minimum absolute atomic E-state index is 0.0861. The Kier molecular flexibility index (Phi) is 4.25. The van der Waals surface area contributed by atoms with E-state index >= 15 is 0 Å². The summed E-state index contributed by atoms with van der Waals surface area (Å²) in [6.45, 7) is 1.50. The predicted molar refractivity (Wildman–Crippen MR) is 80.8 cm³/mol. The number of aliphatic hydroxyl groups is 3. The maximum absolute atomic E-state index is 10.3. The summed E-state index contributed by atoms with van der Waals surface area (Å²) in [5, 5.41) is 39.3. The number of hydrogen-bond donors (Lipinski definition) is 4. The second-order valence-electron chi connectivity index (χ2n) is 5.28. The third-order valence-corrected chi connectivity index (χ3v) is 3.93. The smallest absolute Gasteiger partial charge is 0.216 e. The second kappa shape index (κ2) is 6.21. The lowest BCUT2D eigenvalue weighted by atomic mass is 10.1. The van der Waals surface area contributed by atoms with Crippen molar-refractivity contribution in [1.29, 1.82) is 5.26 Å². The molecule has 10 nitrogen and oxygen atoms in total. The van der Waals surface area contributed by atoms with Gasteiger partial charge in [0.05, 0.1) is 18.6 Å². The number of hydrogen-bond acceptors (Lipinski definition) is 9. The minimum Gasteiger partial charge on any atom is -0.478 e. The topological polar surface area (TPSA) is 160 Å². The van der Waals surface area contributed by atoms with Crippen LogP contribution in [0.3, 0.4) is 0 Å². The zero-order valence-electron chi connectivity index (χ0n) is 12.8. The van der Waals surface area contributed by atoms with Crippen LogP contribution >= 0.6 is 0 Å². The molecule has 0 radical (unpaired) electrons. The first-order valence-corrected chi connectivity index (χ1v) is 7.34. The molecule has 2 aromatic heterocycles. The Labute approximate surface area is 136 Å². The molecule has 4 atom stereocenters. The highest BCUT2D eigenvalue weighted by atomic mass is 16.6. The maximum atomic E-state index is 10.3. The number of nitrogen functional groups attached to an aromatic ring is 1. The van der Waals surface area contributed by atoms with Crippen LogP contribution in [0, 0.1) is 11.3 Å².